The Balaban J connectivity index is 2.60. The fourth-order valence-electron chi connectivity index (χ4n) is 2.03. The number of esters is 1. The fourth-order valence-corrected chi connectivity index (χ4v) is 2.03. The van der Waals surface area contributed by atoms with Gasteiger partial charge < -0.3 is 9.15 Å². The van der Waals surface area contributed by atoms with Crippen LogP contribution in [0.4, 0.5) is 0 Å². The minimum absolute atomic E-state index is 0.136. The number of hydrogen-bond donors (Lipinski definition) is 0. The Bertz CT molecular complexity index is 827. The van der Waals surface area contributed by atoms with Crippen molar-refractivity contribution in [2.24, 2.45) is 0 Å². The molecule has 1 heterocycles. The van der Waals surface area contributed by atoms with Gasteiger partial charge in [-0.25, -0.2) is 4.79 Å². The molecule has 0 unspecified atom stereocenters. The highest BCUT2D eigenvalue weighted by atomic mass is 16.5. The number of benzene rings is 1. The van der Waals surface area contributed by atoms with Crippen molar-refractivity contribution in [1.29, 1.82) is 0 Å². The van der Waals surface area contributed by atoms with Crippen molar-refractivity contribution >= 4 is 28.8 Å². The lowest BCUT2D eigenvalue weighted by Gasteiger charge is -2.04. The van der Waals surface area contributed by atoms with Crippen LogP contribution >= 0.6 is 0 Å². The summed E-state index contributed by atoms with van der Waals surface area (Å²) in [4.78, 5) is 35.8. The number of carbonyl (C=O) groups is 2. The highest BCUT2D eigenvalue weighted by Gasteiger charge is 2.17. The molecule has 22 heavy (non-hydrogen) atoms. The molecule has 0 spiro atoms. The zero-order chi connectivity index (χ0) is 16.3. The Hall–Kier alpha value is -2.69. The second-order valence-electron chi connectivity index (χ2n) is 4.85. The summed E-state index contributed by atoms with van der Waals surface area (Å²) in [5, 5.41) is 0.403. The molecule has 0 aliphatic rings. The second kappa shape index (κ2) is 6.39. The van der Waals surface area contributed by atoms with E-state index >= 15 is 0 Å². The quantitative estimate of drug-likeness (QED) is 0.375. The van der Waals surface area contributed by atoms with Gasteiger partial charge >= 0.3 is 5.97 Å². The predicted octanol–water partition coefficient (Wildman–Crippen LogP) is 2.64. The average molecular weight is 300 g/mol. The van der Waals surface area contributed by atoms with Gasteiger partial charge in [0.25, 0.3) is 0 Å². The van der Waals surface area contributed by atoms with Crippen LogP contribution in [0, 0.1) is 6.92 Å². The van der Waals surface area contributed by atoms with E-state index in [0.717, 1.165) is 5.56 Å². The first-order chi connectivity index (χ1) is 10.4. The number of carbonyl (C=O) groups excluding carboxylic acids is 2. The Labute approximate surface area is 127 Å². The first-order valence-corrected chi connectivity index (χ1v) is 6.86. The van der Waals surface area contributed by atoms with E-state index in [1.807, 2.05) is 13.0 Å². The maximum atomic E-state index is 12.5. The summed E-state index contributed by atoms with van der Waals surface area (Å²) in [6, 6.07) is 5.24. The van der Waals surface area contributed by atoms with E-state index in [1.165, 1.54) is 19.3 Å². The van der Waals surface area contributed by atoms with Crippen molar-refractivity contribution in [2.45, 2.75) is 20.8 Å². The zero-order valence-electron chi connectivity index (χ0n) is 12.6. The van der Waals surface area contributed by atoms with E-state index in [9.17, 15) is 14.4 Å². The first kappa shape index (κ1) is 15.7. The van der Waals surface area contributed by atoms with Crippen LogP contribution in [-0.2, 0) is 14.3 Å². The SMILES string of the molecule is CCOC(=O)/C(=C/c1coc2ccc(C)cc2c1=O)C(C)=O. The van der Waals surface area contributed by atoms with Gasteiger partial charge in [0, 0.05) is 0 Å². The van der Waals surface area contributed by atoms with Crippen LogP contribution in [0.1, 0.15) is 25.0 Å². The van der Waals surface area contributed by atoms with E-state index in [4.69, 9.17) is 9.15 Å². The van der Waals surface area contributed by atoms with Crippen molar-refractivity contribution in [3.05, 3.63) is 51.4 Å². The molecule has 0 N–H and O–H groups in total. The van der Waals surface area contributed by atoms with E-state index in [1.54, 1.807) is 19.1 Å². The molecular formula is C17H16O5. The summed E-state index contributed by atoms with van der Waals surface area (Å²) in [6.45, 7) is 4.90. The Morgan fingerprint density at radius 3 is 2.68 bits per heavy atom. The average Bonchev–Trinajstić information content (AvgIpc) is 2.47. The summed E-state index contributed by atoms with van der Waals surface area (Å²) in [7, 11) is 0. The third kappa shape index (κ3) is 3.14. The number of ketones is 1. The molecule has 0 aliphatic carbocycles. The van der Waals surface area contributed by atoms with Gasteiger partial charge in [-0.2, -0.15) is 0 Å². The number of Topliss-reactive ketones (excluding diaryl/α,β-unsaturated/α-hetero) is 1. The van der Waals surface area contributed by atoms with Crippen molar-refractivity contribution < 1.29 is 18.7 Å². The zero-order valence-corrected chi connectivity index (χ0v) is 12.6. The molecule has 0 fully saturated rings. The van der Waals surface area contributed by atoms with E-state index in [0.29, 0.717) is 11.0 Å². The van der Waals surface area contributed by atoms with Crippen LogP contribution in [0.25, 0.3) is 17.0 Å². The number of hydrogen-bond acceptors (Lipinski definition) is 5. The number of rotatable bonds is 4. The summed E-state index contributed by atoms with van der Waals surface area (Å²) >= 11 is 0. The molecule has 0 atom stereocenters. The highest BCUT2D eigenvalue weighted by molar-refractivity contribution is 6.19. The molecule has 0 amide bonds. The smallest absolute Gasteiger partial charge is 0.341 e. The molecule has 2 rings (SSSR count). The van der Waals surface area contributed by atoms with Crippen LogP contribution in [0.5, 0.6) is 0 Å². The molecule has 0 aliphatic heterocycles. The summed E-state index contributed by atoms with van der Waals surface area (Å²) in [5.74, 6) is -1.22. The molecule has 114 valence electrons. The van der Waals surface area contributed by atoms with Gasteiger partial charge in [-0.3, -0.25) is 9.59 Å². The minimum atomic E-state index is -0.751. The van der Waals surface area contributed by atoms with E-state index < -0.39 is 11.8 Å². The summed E-state index contributed by atoms with van der Waals surface area (Å²) in [6.07, 6.45) is 2.45. The first-order valence-electron chi connectivity index (χ1n) is 6.86. The van der Waals surface area contributed by atoms with E-state index in [2.05, 4.69) is 0 Å². The van der Waals surface area contributed by atoms with E-state index in [-0.39, 0.29) is 23.2 Å². The predicted molar refractivity (Wildman–Crippen MR) is 82.5 cm³/mol. The van der Waals surface area contributed by atoms with Crippen LogP contribution < -0.4 is 5.43 Å². The molecule has 0 saturated heterocycles. The molecule has 1 aromatic heterocycles. The molecule has 2 aromatic rings. The second-order valence-corrected chi connectivity index (χ2v) is 4.85. The maximum Gasteiger partial charge on any atom is 0.341 e. The van der Waals surface area contributed by atoms with Crippen molar-refractivity contribution in [1.82, 2.24) is 0 Å². The lowest BCUT2D eigenvalue weighted by atomic mass is 10.1. The van der Waals surface area contributed by atoms with Gasteiger partial charge in [0.2, 0.25) is 0 Å². The van der Waals surface area contributed by atoms with Crippen molar-refractivity contribution in [3.63, 3.8) is 0 Å². The molecule has 0 saturated carbocycles. The van der Waals surface area contributed by atoms with Gasteiger partial charge in [-0.15, -0.1) is 0 Å². The Morgan fingerprint density at radius 1 is 1.32 bits per heavy atom. The number of ether oxygens (including phenoxy) is 1. The van der Waals surface area contributed by atoms with Gasteiger partial charge in [-0.05, 0) is 39.0 Å². The largest absolute Gasteiger partial charge is 0.463 e. The van der Waals surface area contributed by atoms with Crippen LogP contribution in [0.15, 0.2) is 39.2 Å². The third-order valence-corrected chi connectivity index (χ3v) is 3.13. The maximum absolute atomic E-state index is 12.5. The fraction of sp³-hybridized carbons (Fsp3) is 0.235. The summed E-state index contributed by atoms with van der Waals surface area (Å²) in [5.41, 5.74) is 1.02. The number of fused-ring (bicyclic) bond motifs is 1. The molecule has 5 heteroatoms. The normalized spacial score (nSPS) is 11.5. The molecule has 5 nitrogen and oxygen atoms in total. The molecule has 0 radical (unpaired) electrons. The number of aryl methyl sites for hydroxylation is 1. The lowest BCUT2D eigenvalue weighted by molar-refractivity contribution is -0.139. The van der Waals surface area contributed by atoms with Gasteiger partial charge in [0.15, 0.2) is 11.2 Å². The molecular weight excluding hydrogens is 284 g/mol. The monoisotopic (exact) mass is 300 g/mol. The standard InChI is InChI=1S/C17H16O5/c1-4-21-17(20)13(11(3)18)8-12-9-22-15-6-5-10(2)7-14(15)16(12)19/h5-9H,4H2,1-3H3/b13-8+. The topological polar surface area (TPSA) is 73.6 Å². The van der Waals surface area contributed by atoms with Crippen LogP contribution in [-0.4, -0.2) is 18.4 Å². The Kier molecular flexibility index (Phi) is 4.56. The molecule has 0 bridgehead atoms. The Morgan fingerprint density at radius 2 is 2.05 bits per heavy atom. The van der Waals surface area contributed by atoms with Crippen molar-refractivity contribution in [2.75, 3.05) is 6.61 Å². The van der Waals surface area contributed by atoms with Crippen LogP contribution in [0.3, 0.4) is 0 Å². The summed E-state index contributed by atoms with van der Waals surface area (Å²) < 4.78 is 10.2. The minimum Gasteiger partial charge on any atom is -0.463 e. The highest BCUT2D eigenvalue weighted by Crippen LogP contribution is 2.15. The van der Waals surface area contributed by atoms with Crippen molar-refractivity contribution in [3.8, 4) is 0 Å². The lowest BCUT2D eigenvalue weighted by Crippen LogP contribution is -2.15. The van der Waals surface area contributed by atoms with Gasteiger partial charge in [0.05, 0.1) is 17.6 Å². The molecule has 1 aromatic carbocycles. The van der Waals surface area contributed by atoms with Gasteiger partial charge in [-0.1, -0.05) is 11.6 Å². The van der Waals surface area contributed by atoms with Crippen LogP contribution in [0.2, 0.25) is 0 Å². The third-order valence-electron chi connectivity index (χ3n) is 3.13. The van der Waals surface area contributed by atoms with Gasteiger partial charge in [0.1, 0.15) is 17.4 Å².